The summed E-state index contributed by atoms with van der Waals surface area (Å²) in [7, 11) is -4.26. The quantitative estimate of drug-likeness (QED) is 0.640. The first-order valence-corrected chi connectivity index (χ1v) is 7.69. The summed E-state index contributed by atoms with van der Waals surface area (Å²) in [6.07, 6.45) is -0.456. The first kappa shape index (κ1) is 15.8. The van der Waals surface area contributed by atoms with Gasteiger partial charge in [0.2, 0.25) is 15.8 Å². The summed E-state index contributed by atoms with van der Waals surface area (Å²) < 4.78 is 40.3. The van der Waals surface area contributed by atoms with Crippen molar-refractivity contribution in [1.82, 2.24) is 4.72 Å². The molecular formula is C12H15FN2O5S. The number of aliphatic hydroxyl groups is 1. The van der Waals surface area contributed by atoms with Gasteiger partial charge >= 0.3 is 5.69 Å². The molecule has 21 heavy (non-hydrogen) atoms. The Morgan fingerprint density at radius 3 is 2.57 bits per heavy atom. The van der Waals surface area contributed by atoms with Gasteiger partial charge in [-0.1, -0.05) is 19.9 Å². The number of rotatable bonds is 4. The SMILES string of the molecule is CC1(C)C(O)CC1NS(=O)(=O)c1cccc(F)c1[N+](=O)[O-]. The summed E-state index contributed by atoms with van der Waals surface area (Å²) in [4.78, 5) is 9.09. The number of nitrogens with zero attached hydrogens (tertiary/aromatic N) is 1. The molecule has 1 fully saturated rings. The van der Waals surface area contributed by atoms with Gasteiger partial charge in [0.15, 0.2) is 4.90 Å². The number of hydrogen-bond acceptors (Lipinski definition) is 5. The number of benzene rings is 1. The van der Waals surface area contributed by atoms with E-state index in [1.165, 1.54) is 0 Å². The molecule has 0 spiro atoms. The fourth-order valence-corrected chi connectivity index (χ4v) is 3.83. The lowest BCUT2D eigenvalue weighted by Gasteiger charge is -2.49. The Hall–Kier alpha value is -1.58. The molecule has 0 aliphatic heterocycles. The predicted octanol–water partition coefficient (Wildman–Crippen LogP) is 1.17. The van der Waals surface area contributed by atoms with Gasteiger partial charge in [0, 0.05) is 11.5 Å². The van der Waals surface area contributed by atoms with Crippen LogP contribution in [0, 0.1) is 21.3 Å². The maximum atomic E-state index is 13.5. The molecule has 9 heteroatoms. The molecule has 1 aliphatic carbocycles. The summed E-state index contributed by atoms with van der Waals surface area (Å²) in [5.74, 6) is -1.21. The Morgan fingerprint density at radius 1 is 1.48 bits per heavy atom. The van der Waals surface area contributed by atoms with Crippen molar-refractivity contribution >= 4 is 15.7 Å². The third-order valence-electron chi connectivity index (χ3n) is 3.94. The second-order valence-corrected chi connectivity index (χ2v) is 7.27. The minimum Gasteiger partial charge on any atom is -0.392 e. The summed E-state index contributed by atoms with van der Waals surface area (Å²) in [6.45, 7) is 3.35. The van der Waals surface area contributed by atoms with E-state index >= 15 is 0 Å². The number of nitro groups is 1. The smallest absolute Gasteiger partial charge is 0.324 e. The predicted molar refractivity (Wildman–Crippen MR) is 71.6 cm³/mol. The Morgan fingerprint density at radius 2 is 2.10 bits per heavy atom. The van der Waals surface area contributed by atoms with Crippen LogP contribution in [0.1, 0.15) is 20.3 Å². The maximum absolute atomic E-state index is 13.5. The van der Waals surface area contributed by atoms with E-state index in [0.717, 1.165) is 18.2 Å². The van der Waals surface area contributed by atoms with Crippen LogP contribution in [-0.4, -0.2) is 30.6 Å². The Kier molecular flexibility index (Phi) is 3.77. The van der Waals surface area contributed by atoms with Crippen LogP contribution < -0.4 is 4.72 Å². The van der Waals surface area contributed by atoms with Crippen LogP contribution in [0.3, 0.4) is 0 Å². The molecule has 0 amide bonds. The molecule has 1 aromatic rings. The Balaban J connectivity index is 2.38. The van der Waals surface area contributed by atoms with Crippen LogP contribution in [0.5, 0.6) is 0 Å². The number of nitro benzene ring substituents is 1. The van der Waals surface area contributed by atoms with E-state index < -0.39 is 48.9 Å². The standard InChI is InChI=1S/C12H15FN2O5S/c1-12(2)9(6-10(12)16)14-21(19,20)8-5-3-4-7(13)11(8)15(17)18/h3-5,9-10,14,16H,6H2,1-2H3. The molecular weight excluding hydrogens is 303 g/mol. The summed E-state index contributed by atoms with van der Waals surface area (Å²) >= 11 is 0. The maximum Gasteiger partial charge on any atom is 0.324 e. The average molecular weight is 318 g/mol. The van der Waals surface area contributed by atoms with Crippen LogP contribution in [0.2, 0.25) is 0 Å². The lowest BCUT2D eigenvalue weighted by molar-refractivity contribution is -0.390. The number of hydrogen-bond donors (Lipinski definition) is 2. The van der Waals surface area contributed by atoms with Crippen molar-refractivity contribution in [3.05, 3.63) is 34.1 Å². The number of halogens is 1. The zero-order valence-electron chi connectivity index (χ0n) is 11.4. The first-order valence-electron chi connectivity index (χ1n) is 6.20. The lowest BCUT2D eigenvalue weighted by Crippen LogP contribution is -2.61. The van der Waals surface area contributed by atoms with Crippen molar-refractivity contribution in [2.75, 3.05) is 0 Å². The van der Waals surface area contributed by atoms with Crippen molar-refractivity contribution in [3.63, 3.8) is 0 Å². The second-order valence-electron chi connectivity index (χ2n) is 5.59. The largest absolute Gasteiger partial charge is 0.392 e. The molecule has 7 nitrogen and oxygen atoms in total. The van der Waals surface area contributed by atoms with Gasteiger partial charge in [-0.3, -0.25) is 10.1 Å². The van der Waals surface area contributed by atoms with Gasteiger partial charge in [0.25, 0.3) is 0 Å². The van der Waals surface area contributed by atoms with Crippen LogP contribution >= 0.6 is 0 Å². The zero-order chi connectivity index (χ0) is 16.0. The van der Waals surface area contributed by atoms with E-state index in [0.29, 0.717) is 0 Å². The normalized spacial score (nSPS) is 24.4. The summed E-state index contributed by atoms with van der Waals surface area (Å²) in [5.41, 5.74) is -1.77. The minimum absolute atomic E-state index is 0.204. The summed E-state index contributed by atoms with van der Waals surface area (Å²) in [6, 6.07) is 2.33. The average Bonchev–Trinajstić information content (AvgIpc) is 2.37. The van der Waals surface area contributed by atoms with Crippen molar-refractivity contribution < 1.29 is 22.8 Å². The number of nitrogens with one attached hydrogen (secondary N) is 1. The lowest BCUT2D eigenvalue weighted by atomic mass is 9.65. The molecule has 0 aromatic heterocycles. The molecule has 0 bridgehead atoms. The Labute approximate surface area is 121 Å². The van der Waals surface area contributed by atoms with Gasteiger partial charge in [-0.25, -0.2) is 13.1 Å². The number of sulfonamides is 1. The van der Waals surface area contributed by atoms with Crippen molar-refractivity contribution in [2.45, 2.75) is 37.3 Å². The molecule has 2 unspecified atom stereocenters. The molecule has 2 N–H and O–H groups in total. The van der Waals surface area contributed by atoms with Crippen LogP contribution in [0.15, 0.2) is 23.1 Å². The summed E-state index contributed by atoms with van der Waals surface area (Å²) in [5, 5.41) is 20.5. The highest BCUT2D eigenvalue weighted by Gasteiger charge is 2.49. The van der Waals surface area contributed by atoms with E-state index in [4.69, 9.17) is 0 Å². The van der Waals surface area contributed by atoms with Gasteiger partial charge < -0.3 is 5.11 Å². The van der Waals surface area contributed by atoms with E-state index in [-0.39, 0.29) is 6.42 Å². The van der Waals surface area contributed by atoms with Crippen LogP contribution in [-0.2, 0) is 10.0 Å². The molecule has 116 valence electrons. The fourth-order valence-electron chi connectivity index (χ4n) is 2.24. The first-order chi connectivity index (χ1) is 9.57. The zero-order valence-corrected chi connectivity index (χ0v) is 12.2. The third kappa shape index (κ3) is 2.63. The monoisotopic (exact) mass is 318 g/mol. The molecule has 1 saturated carbocycles. The van der Waals surface area contributed by atoms with E-state index in [9.17, 15) is 28.0 Å². The topological polar surface area (TPSA) is 110 Å². The fraction of sp³-hybridized carbons (Fsp3) is 0.500. The van der Waals surface area contributed by atoms with E-state index in [2.05, 4.69) is 4.72 Å². The number of para-hydroxylation sites is 1. The van der Waals surface area contributed by atoms with E-state index in [1.807, 2.05) is 0 Å². The molecule has 1 aromatic carbocycles. The van der Waals surface area contributed by atoms with Gasteiger partial charge in [-0.05, 0) is 18.6 Å². The van der Waals surface area contributed by atoms with Gasteiger partial charge in [0.05, 0.1) is 11.0 Å². The van der Waals surface area contributed by atoms with Gasteiger partial charge in [-0.2, -0.15) is 4.39 Å². The van der Waals surface area contributed by atoms with Crippen molar-refractivity contribution in [1.29, 1.82) is 0 Å². The molecule has 0 radical (unpaired) electrons. The van der Waals surface area contributed by atoms with Crippen molar-refractivity contribution in [3.8, 4) is 0 Å². The third-order valence-corrected chi connectivity index (χ3v) is 5.44. The van der Waals surface area contributed by atoms with Gasteiger partial charge in [0.1, 0.15) is 0 Å². The molecule has 2 atom stereocenters. The minimum atomic E-state index is -4.26. The Bertz CT molecular complexity index is 689. The highest BCUT2D eigenvalue weighted by Crippen LogP contribution is 2.41. The second kappa shape index (κ2) is 5.00. The molecule has 0 saturated heterocycles. The van der Waals surface area contributed by atoms with Crippen LogP contribution in [0.4, 0.5) is 10.1 Å². The van der Waals surface area contributed by atoms with Crippen molar-refractivity contribution in [2.24, 2.45) is 5.41 Å². The van der Waals surface area contributed by atoms with E-state index in [1.54, 1.807) is 13.8 Å². The highest BCUT2D eigenvalue weighted by molar-refractivity contribution is 7.89. The van der Waals surface area contributed by atoms with Gasteiger partial charge in [-0.15, -0.1) is 0 Å². The molecule has 0 heterocycles. The highest BCUT2D eigenvalue weighted by atomic mass is 32.2. The molecule has 2 rings (SSSR count). The van der Waals surface area contributed by atoms with Crippen LogP contribution in [0.25, 0.3) is 0 Å². The number of aliphatic hydroxyl groups excluding tert-OH is 1. The molecule has 1 aliphatic rings.